The quantitative estimate of drug-likeness (QED) is 0.0667. The molecule has 0 unspecified atom stereocenters. The fourth-order valence-electron chi connectivity index (χ4n) is 7.36. The average Bonchev–Trinajstić information content (AvgIpc) is 3.89. The van der Waals surface area contributed by atoms with Crippen molar-refractivity contribution in [3.05, 3.63) is 83.6 Å². The van der Waals surface area contributed by atoms with E-state index in [1.54, 1.807) is 0 Å². The maximum absolute atomic E-state index is 11.4. The second-order valence-electron chi connectivity index (χ2n) is 14.5. The third-order valence-corrected chi connectivity index (χ3v) is 39.0. The Morgan fingerprint density at radius 3 is 1.91 bits per heavy atom. The number of unbranched alkanes of at least 4 members (excludes halogenated alkanes) is 2. The normalized spacial score (nSPS) is 21.2. The molecule has 0 aliphatic carbocycles. The SMILES string of the molecule is CC1(C)C(/C=C/C=C/C=C2\N(CCCCS(=O)(=O)O)c3ccc([As]4SCCS4)cc3C2(C)C)=[N+](CCCCS(=O)(=O)O)c2ccc([As]3SCCS3)cc21. The molecule has 16 heteroatoms. The molecule has 0 saturated carbocycles. The molecule has 0 atom stereocenters. The number of allylic oxidation sites excluding steroid dienone is 6. The van der Waals surface area contributed by atoms with Crippen molar-refractivity contribution in [2.24, 2.45) is 0 Å². The van der Waals surface area contributed by atoms with E-state index < -0.39 is 44.9 Å². The van der Waals surface area contributed by atoms with E-state index in [0.717, 1.165) is 11.4 Å². The Bertz CT molecular complexity index is 2040. The van der Waals surface area contributed by atoms with Gasteiger partial charge in [0.15, 0.2) is 0 Å². The second kappa shape index (κ2) is 17.5. The van der Waals surface area contributed by atoms with Crippen molar-refractivity contribution >= 4 is 111 Å². The van der Waals surface area contributed by atoms with Gasteiger partial charge >= 0.3 is 342 Å². The zero-order chi connectivity index (χ0) is 38.0. The van der Waals surface area contributed by atoms with Crippen molar-refractivity contribution in [2.75, 3.05) is 52.5 Å². The number of hydrogen-bond donors (Lipinski definition) is 2. The molecule has 8 nitrogen and oxygen atoms in total. The monoisotopic (exact) mass is 959 g/mol. The summed E-state index contributed by atoms with van der Waals surface area (Å²) in [5.74, 6) is 4.43. The van der Waals surface area contributed by atoms with Gasteiger partial charge < -0.3 is 0 Å². The fraction of sp³-hybridized carbons (Fsp3) is 0.486. The molecule has 4 aliphatic rings. The van der Waals surface area contributed by atoms with Gasteiger partial charge in [0.1, 0.15) is 0 Å². The Hall–Kier alpha value is -0.533. The van der Waals surface area contributed by atoms with Gasteiger partial charge in [-0.05, 0) is 0 Å². The maximum atomic E-state index is 11.4. The summed E-state index contributed by atoms with van der Waals surface area (Å²) in [7, 11) is 0.566. The van der Waals surface area contributed by atoms with Crippen molar-refractivity contribution in [1.82, 2.24) is 0 Å². The van der Waals surface area contributed by atoms with Crippen LogP contribution in [0.3, 0.4) is 0 Å². The first-order chi connectivity index (χ1) is 25.1. The van der Waals surface area contributed by atoms with Crippen molar-refractivity contribution in [1.29, 1.82) is 0 Å². The van der Waals surface area contributed by atoms with Crippen LogP contribution >= 0.6 is 40.1 Å². The van der Waals surface area contributed by atoms with Crippen LogP contribution in [0.25, 0.3) is 0 Å². The summed E-state index contributed by atoms with van der Waals surface area (Å²) in [6.45, 7) is 10.4. The molecule has 2 aromatic rings. The summed E-state index contributed by atoms with van der Waals surface area (Å²) < 4.78 is 69.7. The summed E-state index contributed by atoms with van der Waals surface area (Å²) in [5, 5.41) is 0. The van der Waals surface area contributed by atoms with E-state index in [4.69, 9.17) is 0 Å². The number of rotatable bonds is 15. The van der Waals surface area contributed by atoms with Crippen LogP contribution in [0, 0.1) is 0 Å². The number of hydrogen-bond acceptors (Lipinski definition) is 9. The van der Waals surface area contributed by atoms with E-state index in [-0.39, 0.29) is 22.3 Å². The van der Waals surface area contributed by atoms with Crippen LogP contribution in [-0.4, -0.2) is 109 Å². The molecule has 0 amide bonds. The minimum absolute atomic E-state index is 0.236. The van der Waals surface area contributed by atoms with Crippen molar-refractivity contribution < 1.29 is 30.5 Å². The standard InChI is InChI=1S/C37H48As2N2O6S6/c1-36(2)30-26-28(38-48-20-21-49-38)14-16-32(30)40(18-8-10-24-52(42,43)44)34(36)12-6-5-7-13-35-37(3,4)31-27-29(39-50-22-23-51-39)15-17-33(31)41(35)19-9-11-25-53(45,46)47/h5-7,12-17,26-27H,8-11,18-25H2,1-4H3,(H-,42,43,44,45,46,47)/p+1. The third kappa shape index (κ3) is 10.1. The molecule has 0 bridgehead atoms. The first kappa shape index (κ1) is 42.1. The molecular weight excluding hydrogens is 911 g/mol. The Labute approximate surface area is 338 Å². The van der Waals surface area contributed by atoms with Gasteiger partial charge in [-0.25, -0.2) is 0 Å². The molecule has 2 N–H and O–H groups in total. The van der Waals surface area contributed by atoms with Gasteiger partial charge in [0.2, 0.25) is 0 Å². The Morgan fingerprint density at radius 1 is 0.736 bits per heavy atom. The van der Waals surface area contributed by atoms with Crippen LogP contribution in [0.1, 0.15) is 64.5 Å². The summed E-state index contributed by atoms with van der Waals surface area (Å²) in [5.41, 5.74) is 6.80. The molecule has 288 valence electrons. The van der Waals surface area contributed by atoms with E-state index in [9.17, 15) is 25.9 Å². The molecule has 2 aromatic carbocycles. The van der Waals surface area contributed by atoms with Gasteiger partial charge in [-0.15, -0.1) is 0 Å². The molecule has 2 fully saturated rings. The number of anilines is 1. The minimum atomic E-state index is -4.00. The first-order valence-electron chi connectivity index (χ1n) is 17.9. The van der Waals surface area contributed by atoms with Gasteiger partial charge in [0.05, 0.1) is 0 Å². The molecule has 0 radical (unpaired) electrons. The molecule has 4 heterocycles. The van der Waals surface area contributed by atoms with Gasteiger partial charge in [-0.3, -0.25) is 0 Å². The molecular formula is C37H49As2N2O6S6+. The molecule has 53 heavy (non-hydrogen) atoms. The predicted molar refractivity (Wildman–Crippen MR) is 234 cm³/mol. The van der Waals surface area contributed by atoms with Crippen molar-refractivity contribution in [3.63, 3.8) is 0 Å². The summed E-state index contributed by atoms with van der Waals surface area (Å²) >= 11 is -2.34. The van der Waals surface area contributed by atoms with E-state index in [2.05, 4.69) is 144 Å². The topological polar surface area (TPSA) is 115 Å². The third-order valence-electron chi connectivity index (χ3n) is 9.97. The molecule has 0 spiro atoms. The fourth-order valence-corrected chi connectivity index (χ4v) is 36.7. The van der Waals surface area contributed by atoms with Gasteiger partial charge in [-0.1, -0.05) is 0 Å². The molecule has 2 saturated heterocycles. The van der Waals surface area contributed by atoms with Crippen LogP contribution in [0.15, 0.2) is 72.5 Å². The number of nitrogens with zero attached hydrogens (tertiary/aromatic N) is 2. The zero-order valence-electron chi connectivity index (χ0n) is 30.6. The van der Waals surface area contributed by atoms with E-state index in [1.165, 1.54) is 54.2 Å². The van der Waals surface area contributed by atoms with Crippen molar-refractivity contribution in [2.45, 2.75) is 64.2 Å². The number of benzene rings is 2. The first-order valence-corrected chi connectivity index (χ1v) is 35.9. The second-order valence-corrected chi connectivity index (χ2v) is 41.1. The van der Waals surface area contributed by atoms with Gasteiger partial charge in [0, 0.05) is 0 Å². The van der Waals surface area contributed by atoms with E-state index >= 15 is 0 Å². The molecule has 0 aromatic heterocycles. The summed E-state index contributed by atoms with van der Waals surface area (Å²) in [4.78, 5) is 2.33. The Morgan fingerprint density at radius 2 is 1.30 bits per heavy atom. The zero-order valence-corrected chi connectivity index (χ0v) is 39.3. The van der Waals surface area contributed by atoms with Gasteiger partial charge in [-0.2, -0.15) is 0 Å². The van der Waals surface area contributed by atoms with Crippen LogP contribution in [-0.2, 0) is 31.1 Å². The van der Waals surface area contributed by atoms with E-state index in [0.29, 0.717) is 38.8 Å². The summed E-state index contributed by atoms with van der Waals surface area (Å²) in [6, 6.07) is 14.0. The van der Waals surface area contributed by atoms with Crippen LogP contribution in [0.5, 0.6) is 0 Å². The summed E-state index contributed by atoms with van der Waals surface area (Å²) in [6.07, 6.45) is 12.7. The van der Waals surface area contributed by atoms with Crippen LogP contribution < -0.4 is 13.6 Å². The predicted octanol–water partition coefficient (Wildman–Crippen LogP) is 6.54. The Kier molecular flexibility index (Phi) is 13.9. The van der Waals surface area contributed by atoms with Crippen LogP contribution in [0.2, 0.25) is 0 Å². The molecule has 6 rings (SSSR count). The average molecular weight is 960 g/mol. The molecule has 4 aliphatic heterocycles. The van der Waals surface area contributed by atoms with Gasteiger partial charge in [0.25, 0.3) is 0 Å². The van der Waals surface area contributed by atoms with Crippen LogP contribution in [0.4, 0.5) is 11.4 Å². The Balaban J connectivity index is 1.27. The number of fused-ring (bicyclic) bond motifs is 2. The van der Waals surface area contributed by atoms with E-state index in [1.807, 2.05) is 0 Å². The van der Waals surface area contributed by atoms with Crippen molar-refractivity contribution in [3.8, 4) is 0 Å².